The predicted octanol–water partition coefficient (Wildman–Crippen LogP) is 6.34. The zero-order valence-electron chi connectivity index (χ0n) is 14.3. The van der Waals surface area contributed by atoms with Crippen molar-refractivity contribution < 1.29 is 4.74 Å². The van der Waals surface area contributed by atoms with Gasteiger partial charge in [0.2, 0.25) is 6.23 Å². The molecule has 0 unspecified atom stereocenters. The number of hydrogen-bond donors (Lipinski definition) is 0. The third kappa shape index (κ3) is 3.03. The smallest absolute Gasteiger partial charge is 0.213 e. The minimum absolute atomic E-state index is 0.130. The van der Waals surface area contributed by atoms with Crippen molar-refractivity contribution in [2.45, 2.75) is 18.7 Å². The quantitative estimate of drug-likeness (QED) is 0.465. The fourth-order valence-electron chi connectivity index (χ4n) is 3.74. The summed E-state index contributed by atoms with van der Waals surface area (Å²) in [7, 11) is 0. The molecule has 5 heteroatoms. The summed E-state index contributed by atoms with van der Waals surface area (Å²) >= 11 is 9.82. The van der Waals surface area contributed by atoms with Gasteiger partial charge in [-0.05, 0) is 35.9 Å². The van der Waals surface area contributed by atoms with Gasteiger partial charge in [0.05, 0.1) is 11.8 Å². The van der Waals surface area contributed by atoms with Crippen LogP contribution in [0.25, 0.3) is 0 Å². The average molecular weight is 440 g/mol. The highest BCUT2D eigenvalue weighted by atomic mass is 79.9. The van der Waals surface area contributed by atoms with E-state index in [4.69, 9.17) is 21.4 Å². The second-order valence-corrected chi connectivity index (χ2v) is 8.07. The third-order valence-electron chi connectivity index (χ3n) is 4.99. The molecule has 2 aliphatic rings. The Morgan fingerprint density at radius 2 is 1.85 bits per heavy atom. The molecule has 3 aromatic rings. The maximum absolute atomic E-state index is 6.37. The fraction of sp³-hybridized carbons (Fsp3) is 0.136. The van der Waals surface area contributed by atoms with Crippen molar-refractivity contribution in [3.8, 4) is 5.75 Å². The van der Waals surface area contributed by atoms with Crippen molar-refractivity contribution in [2.75, 3.05) is 0 Å². The SMILES string of the molecule is Clc1cccc([C@@H]2Oc3ccc(Br)cc3[C@@H]3CC(c4ccccc4)=NN32)c1. The van der Waals surface area contributed by atoms with Crippen LogP contribution in [0.5, 0.6) is 5.75 Å². The second kappa shape index (κ2) is 6.70. The molecule has 27 heavy (non-hydrogen) atoms. The number of ether oxygens (including phenoxy) is 1. The van der Waals surface area contributed by atoms with E-state index < -0.39 is 0 Å². The molecule has 0 aliphatic carbocycles. The molecule has 3 nitrogen and oxygen atoms in total. The Labute approximate surface area is 171 Å². The van der Waals surface area contributed by atoms with Crippen LogP contribution < -0.4 is 4.74 Å². The largest absolute Gasteiger partial charge is 0.464 e. The van der Waals surface area contributed by atoms with Gasteiger partial charge in [0, 0.05) is 27.0 Å². The lowest BCUT2D eigenvalue weighted by Crippen LogP contribution is -2.33. The van der Waals surface area contributed by atoms with E-state index in [1.807, 2.05) is 54.6 Å². The van der Waals surface area contributed by atoms with Crippen LogP contribution in [0.2, 0.25) is 5.02 Å². The van der Waals surface area contributed by atoms with E-state index in [1.165, 1.54) is 0 Å². The summed E-state index contributed by atoms with van der Waals surface area (Å²) < 4.78 is 7.41. The highest BCUT2D eigenvalue weighted by Crippen LogP contribution is 2.48. The molecular formula is C22H16BrClN2O. The van der Waals surface area contributed by atoms with Crippen molar-refractivity contribution in [1.82, 2.24) is 5.01 Å². The van der Waals surface area contributed by atoms with Crippen LogP contribution in [0.4, 0.5) is 0 Å². The first-order valence-corrected chi connectivity index (χ1v) is 9.99. The number of hydrogen-bond acceptors (Lipinski definition) is 3. The van der Waals surface area contributed by atoms with Crippen molar-refractivity contribution in [1.29, 1.82) is 0 Å². The molecule has 0 radical (unpaired) electrons. The van der Waals surface area contributed by atoms with Crippen molar-refractivity contribution in [2.24, 2.45) is 5.10 Å². The first-order chi connectivity index (χ1) is 13.2. The van der Waals surface area contributed by atoms with Crippen molar-refractivity contribution >= 4 is 33.2 Å². The lowest BCUT2D eigenvalue weighted by atomic mass is 9.96. The fourth-order valence-corrected chi connectivity index (χ4v) is 4.32. The van der Waals surface area contributed by atoms with Gasteiger partial charge in [-0.15, -0.1) is 0 Å². The van der Waals surface area contributed by atoms with Gasteiger partial charge in [-0.25, -0.2) is 5.01 Å². The molecule has 5 rings (SSSR count). The summed E-state index contributed by atoms with van der Waals surface area (Å²) in [5, 5.41) is 7.73. The van der Waals surface area contributed by atoms with E-state index >= 15 is 0 Å². The molecule has 3 aromatic carbocycles. The summed E-state index contributed by atoms with van der Waals surface area (Å²) in [6, 6.07) is 24.4. The lowest BCUT2D eigenvalue weighted by Gasteiger charge is -2.38. The van der Waals surface area contributed by atoms with Crippen LogP contribution in [0.1, 0.15) is 35.4 Å². The number of rotatable bonds is 2. The van der Waals surface area contributed by atoms with Crippen LogP contribution in [0, 0.1) is 0 Å². The maximum atomic E-state index is 6.37. The maximum Gasteiger partial charge on any atom is 0.213 e. The highest BCUT2D eigenvalue weighted by molar-refractivity contribution is 9.10. The third-order valence-corrected chi connectivity index (χ3v) is 5.72. The molecule has 134 valence electrons. The van der Waals surface area contributed by atoms with E-state index in [-0.39, 0.29) is 12.3 Å². The molecule has 0 N–H and O–H groups in total. The van der Waals surface area contributed by atoms with Crippen molar-refractivity contribution in [3.63, 3.8) is 0 Å². The Morgan fingerprint density at radius 3 is 2.67 bits per heavy atom. The molecular weight excluding hydrogens is 424 g/mol. The normalized spacial score (nSPS) is 20.5. The van der Waals surface area contributed by atoms with Crippen molar-refractivity contribution in [3.05, 3.63) is 99.0 Å². The van der Waals surface area contributed by atoms with Gasteiger partial charge in [-0.3, -0.25) is 0 Å². The number of nitrogens with zero attached hydrogens (tertiary/aromatic N) is 2. The van der Waals surface area contributed by atoms with Gasteiger partial charge in [0.1, 0.15) is 5.75 Å². The zero-order valence-corrected chi connectivity index (χ0v) is 16.7. The Hall–Kier alpha value is -2.30. The predicted molar refractivity (Wildman–Crippen MR) is 111 cm³/mol. The van der Waals surface area contributed by atoms with Crippen LogP contribution in [0.3, 0.4) is 0 Å². The Bertz CT molecular complexity index is 1040. The van der Waals surface area contributed by atoms with Gasteiger partial charge >= 0.3 is 0 Å². The first kappa shape index (κ1) is 16.8. The molecule has 0 bridgehead atoms. The molecule has 0 spiro atoms. The standard InChI is InChI=1S/C22H16BrClN2O/c23-16-9-10-21-18(12-16)20-13-19(14-5-2-1-3-6-14)25-26(20)22(27-21)15-7-4-8-17(24)11-15/h1-12,20,22H,13H2/t20-,22-/m0/s1. The van der Waals surface area contributed by atoms with E-state index in [9.17, 15) is 0 Å². The van der Waals surface area contributed by atoms with Crippen LogP contribution in [-0.2, 0) is 0 Å². The summed E-state index contributed by atoms with van der Waals surface area (Å²) in [6.07, 6.45) is 0.539. The van der Waals surface area contributed by atoms with Crippen LogP contribution in [0.15, 0.2) is 82.4 Å². The molecule has 2 atom stereocenters. The molecule has 0 fully saturated rings. The van der Waals surface area contributed by atoms with E-state index in [1.54, 1.807) is 0 Å². The van der Waals surface area contributed by atoms with Gasteiger partial charge in [0.25, 0.3) is 0 Å². The van der Waals surface area contributed by atoms with Gasteiger partial charge in [-0.2, -0.15) is 5.10 Å². The molecule has 2 aliphatic heterocycles. The molecule has 0 aromatic heterocycles. The zero-order chi connectivity index (χ0) is 18.4. The lowest BCUT2D eigenvalue weighted by molar-refractivity contribution is -0.0190. The minimum Gasteiger partial charge on any atom is -0.464 e. The summed E-state index contributed by atoms with van der Waals surface area (Å²) in [4.78, 5) is 0. The highest BCUT2D eigenvalue weighted by Gasteiger charge is 2.41. The van der Waals surface area contributed by atoms with E-state index in [2.05, 4.69) is 39.1 Å². The van der Waals surface area contributed by atoms with Crippen LogP contribution in [-0.4, -0.2) is 10.7 Å². The summed E-state index contributed by atoms with van der Waals surface area (Å²) in [6.45, 7) is 0. The minimum atomic E-state index is -0.302. The topological polar surface area (TPSA) is 24.8 Å². The summed E-state index contributed by atoms with van der Waals surface area (Å²) in [5.74, 6) is 0.897. The molecule has 0 amide bonds. The Kier molecular flexibility index (Phi) is 4.18. The molecule has 2 heterocycles. The van der Waals surface area contributed by atoms with Gasteiger partial charge in [-0.1, -0.05) is 70.0 Å². The molecule has 0 saturated heterocycles. The van der Waals surface area contributed by atoms with Gasteiger partial charge in [0.15, 0.2) is 0 Å². The molecule has 0 saturated carbocycles. The van der Waals surface area contributed by atoms with E-state index in [0.717, 1.165) is 39.0 Å². The number of benzene rings is 3. The summed E-state index contributed by atoms with van der Waals surface area (Å²) in [5.41, 5.74) is 4.37. The Morgan fingerprint density at radius 1 is 1.00 bits per heavy atom. The van der Waals surface area contributed by atoms with E-state index in [0.29, 0.717) is 5.02 Å². The van der Waals surface area contributed by atoms with Crippen LogP contribution >= 0.6 is 27.5 Å². The van der Waals surface area contributed by atoms with Gasteiger partial charge < -0.3 is 4.74 Å². The Balaban J connectivity index is 1.62. The number of halogens is 2. The monoisotopic (exact) mass is 438 g/mol. The first-order valence-electron chi connectivity index (χ1n) is 8.82. The average Bonchev–Trinajstić information content (AvgIpc) is 3.14. The number of fused-ring (bicyclic) bond motifs is 3. The second-order valence-electron chi connectivity index (χ2n) is 6.72. The number of hydrazone groups is 1.